The second-order valence-electron chi connectivity index (χ2n) is 4.57. The van der Waals surface area contributed by atoms with E-state index in [9.17, 15) is 4.79 Å². The summed E-state index contributed by atoms with van der Waals surface area (Å²) in [6, 6.07) is 8.12. The van der Waals surface area contributed by atoms with Crippen molar-refractivity contribution in [2.24, 2.45) is 0 Å². The number of nitrogens with one attached hydrogen (secondary N) is 1. The first-order chi connectivity index (χ1) is 10.7. The number of rotatable bonds is 6. The molecule has 0 saturated carbocycles. The molecule has 0 aliphatic rings. The van der Waals surface area contributed by atoms with Crippen molar-refractivity contribution in [3.8, 4) is 0 Å². The van der Waals surface area contributed by atoms with Crippen molar-refractivity contribution in [3.05, 3.63) is 29.3 Å². The molecule has 0 unspecified atom stereocenters. The van der Waals surface area contributed by atoms with Crippen LogP contribution < -0.4 is 5.32 Å². The maximum absolute atomic E-state index is 11.8. The fourth-order valence-corrected chi connectivity index (χ4v) is 4.52. The van der Waals surface area contributed by atoms with Crippen LogP contribution in [0.1, 0.15) is 17.8 Å². The Morgan fingerprint density at radius 2 is 2.14 bits per heavy atom. The zero-order valence-electron chi connectivity index (χ0n) is 11.9. The molecular weight excluding hydrogens is 336 g/mol. The van der Waals surface area contributed by atoms with E-state index in [0.717, 1.165) is 27.0 Å². The summed E-state index contributed by atoms with van der Waals surface area (Å²) in [5.74, 6) is 0.864. The molecule has 0 fully saturated rings. The van der Waals surface area contributed by atoms with Gasteiger partial charge in [0.2, 0.25) is 11.0 Å². The van der Waals surface area contributed by atoms with Gasteiger partial charge in [-0.25, -0.2) is 4.98 Å². The number of amides is 1. The molecule has 3 aromatic rings. The van der Waals surface area contributed by atoms with E-state index in [-0.39, 0.29) is 5.91 Å². The zero-order chi connectivity index (χ0) is 15.4. The van der Waals surface area contributed by atoms with Gasteiger partial charge in [0.15, 0.2) is 4.34 Å². The highest BCUT2D eigenvalue weighted by atomic mass is 32.2. The van der Waals surface area contributed by atoms with Crippen molar-refractivity contribution in [1.29, 1.82) is 0 Å². The second kappa shape index (κ2) is 7.17. The molecule has 2 heterocycles. The third-order valence-electron chi connectivity index (χ3n) is 2.82. The van der Waals surface area contributed by atoms with Crippen LogP contribution in [-0.2, 0) is 4.79 Å². The smallest absolute Gasteiger partial charge is 0.226 e. The Bertz CT molecular complexity index is 750. The summed E-state index contributed by atoms with van der Waals surface area (Å²) in [5, 5.41) is 11.9. The number of aryl methyl sites for hydroxylation is 1. The Kier molecular flexibility index (Phi) is 5.01. The molecule has 22 heavy (non-hydrogen) atoms. The molecule has 1 amide bonds. The third kappa shape index (κ3) is 4.02. The molecule has 114 valence electrons. The Balaban J connectivity index is 1.42. The normalized spacial score (nSPS) is 11.0. The first-order valence-corrected chi connectivity index (χ1v) is 9.41. The SMILES string of the molecule is Cc1nnc(NC(=O)CCCSc2nc3ccccc3s2)s1. The second-order valence-corrected chi connectivity index (χ2v) is 8.13. The number of carbonyl (C=O) groups excluding carboxylic acids is 1. The fraction of sp³-hybridized carbons (Fsp3) is 0.286. The number of carbonyl (C=O) groups is 1. The summed E-state index contributed by atoms with van der Waals surface area (Å²) in [4.78, 5) is 16.3. The number of fused-ring (bicyclic) bond motifs is 1. The average Bonchev–Trinajstić information content (AvgIpc) is 3.09. The molecule has 0 aliphatic carbocycles. The lowest BCUT2D eigenvalue weighted by molar-refractivity contribution is -0.116. The van der Waals surface area contributed by atoms with Crippen LogP contribution in [0.15, 0.2) is 28.6 Å². The van der Waals surface area contributed by atoms with Gasteiger partial charge < -0.3 is 5.32 Å². The number of anilines is 1. The zero-order valence-corrected chi connectivity index (χ0v) is 14.4. The lowest BCUT2D eigenvalue weighted by Crippen LogP contribution is -2.11. The van der Waals surface area contributed by atoms with E-state index >= 15 is 0 Å². The Hall–Kier alpha value is -1.51. The van der Waals surface area contributed by atoms with Gasteiger partial charge in [-0.3, -0.25) is 4.79 Å². The van der Waals surface area contributed by atoms with Crippen molar-refractivity contribution in [3.63, 3.8) is 0 Å². The van der Waals surface area contributed by atoms with Gasteiger partial charge in [0.1, 0.15) is 5.01 Å². The van der Waals surface area contributed by atoms with E-state index < -0.39 is 0 Å². The van der Waals surface area contributed by atoms with Crippen LogP contribution in [0.5, 0.6) is 0 Å². The number of hydrogen-bond donors (Lipinski definition) is 1. The molecule has 1 N–H and O–H groups in total. The first kappa shape index (κ1) is 15.4. The summed E-state index contributed by atoms with van der Waals surface area (Å²) in [7, 11) is 0. The Morgan fingerprint density at radius 3 is 2.91 bits per heavy atom. The predicted molar refractivity (Wildman–Crippen MR) is 92.9 cm³/mol. The van der Waals surface area contributed by atoms with Crippen molar-refractivity contribution < 1.29 is 4.79 Å². The minimum atomic E-state index is -0.0129. The van der Waals surface area contributed by atoms with E-state index in [1.807, 2.05) is 25.1 Å². The lowest BCUT2D eigenvalue weighted by atomic mass is 10.3. The summed E-state index contributed by atoms with van der Waals surface area (Å²) >= 11 is 4.78. The van der Waals surface area contributed by atoms with E-state index in [2.05, 4.69) is 26.6 Å². The third-order valence-corrected chi connectivity index (χ3v) is 5.84. The molecule has 2 aromatic heterocycles. The Morgan fingerprint density at radius 1 is 1.27 bits per heavy atom. The standard InChI is InChI=1S/C14H14N4OS3/c1-9-17-18-13(21-9)16-12(19)7-4-8-20-14-15-10-5-2-3-6-11(10)22-14/h2-3,5-6H,4,7-8H2,1H3,(H,16,18,19). The molecule has 1 aromatic carbocycles. The largest absolute Gasteiger partial charge is 0.301 e. The first-order valence-electron chi connectivity index (χ1n) is 6.79. The number of hydrogen-bond acceptors (Lipinski definition) is 7. The van der Waals surface area contributed by atoms with Crippen LogP contribution >= 0.6 is 34.4 Å². The molecule has 0 bridgehead atoms. The summed E-state index contributed by atoms with van der Waals surface area (Å²) in [6.07, 6.45) is 1.29. The lowest BCUT2D eigenvalue weighted by Gasteiger charge is -2.00. The van der Waals surface area contributed by atoms with Crippen molar-refractivity contribution in [2.75, 3.05) is 11.1 Å². The molecule has 0 radical (unpaired) electrons. The molecule has 0 atom stereocenters. The maximum atomic E-state index is 11.8. The van der Waals surface area contributed by atoms with Gasteiger partial charge in [0.25, 0.3) is 0 Å². The predicted octanol–water partition coefficient (Wildman–Crippen LogP) is 3.97. The van der Waals surface area contributed by atoms with Crippen LogP contribution in [-0.4, -0.2) is 26.8 Å². The Labute approximate surface area is 140 Å². The molecular formula is C14H14N4OS3. The summed E-state index contributed by atoms with van der Waals surface area (Å²) in [5.41, 5.74) is 1.04. The summed E-state index contributed by atoms with van der Waals surface area (Å²) in [6.45, 7) is 1.86. The average molecular weight is 350 g/mol. The minimum Gasteiger partial charge on any atom is -0.301 e. The fourth-order valence-electron chi connectivity index (χ4n) is 1.83. The van der Waals surface area contributed by atoms with E-state index in [1.165, 1.54) is 16.0 Å². The van der Waals surface area contributed by atoms with Gasteiger partial charge in [0.05, 0.1) is 10.2 Å². The van der Waals surface area contributed by atoms with E-state index in [1.54, 1.807) is 23.1 Å². The number of nitrogens with zero attached hydrogens (tertiary/aromatic N) is 3. The van der Waals surface area contributed by atoms with E-state index in [4.69, 9.17) is 0 Å². The van der Waals surface area contributed by atoms with Crippen LogP contribution in [0.4, 0.5) is 5.13 Å². The highest BCUT2D eigenvalue weighted by molar-refractivity contribution is 8.01. The highest BCUT2D eigenvalue weighted by Crippen LogP contribution is 2.29. The van der Waals surface area contributed by atoms with Crippen molar-refractivity contribution >= 4 is 55.7 Å². The summed E-state index contributed by atoms with van der Waals surface area (Å²) < 4.78 is 2.26. The van der Waals surface area contributed by atoms with Gasteiger partial charge in [-0.15, -0.1) is 21.5 Å². The van der Waals surface area contributed by atoms with Gasteiger partial charge in [0, 0.05) is 12.2 Å². The van der Waals surface area contributed by atoms with E-state index in [0.29, 0.717) is 11.6 Å². The molecule has 5 nitrogen and oxygen atoms in total. The van der Waals surface area contributed by atoms with Crippen molar-refractivity contribution in [2.45, 2.75) is 24.1 Å². The molecule has 0 saturated heterocycles. The molecule has 8 heteroatoms. The van der Waals surface area contributed by atoms with Gasteiger partial charge >= 0.3 is 0 Å². The number of para-hydroxylation sites is 1. The van der Waals surface area contributed by atoms with Crippen LogP contribution in [0.25, 0.3) is 10.2 Å². The van der Waals surface area contributed by atoms with Gasteiger partial charge in [-0.1, -0.05) is 35.2 Å². The number of benzene rings is 1. The molecule has 0 spiro atoms. The number of thiazole rings is 1. The number of thioether (sulfide) groups is 1. The van der Waals surface area contributed by atoms with Crippen LogP contribution in [0, 0.1) is 6.92 Å². The van der Waals surface area contributed by atoms with Gasteiger partial charge in [-0.05, 0) is 25.5 Å². The van der Waals surface area contributed by atoms with Gasteiger partial charge in [-0.2, -0.15) is 0 Å². The van der Waals surface area contributed by atoms with Crippen LogP contribution in [0.2, 0.25) is 0 Å². The van der Waals surface area contributed by atoms with Crippen molar-refractivity contribution in [1.82, 2.24) is 15.2 Å². The quantitative estimate of drug-likeness (QED) is 0.538. The number of aromatic nitrogens is 3. The topological polar surface area (TPSA) is 67.8 Å². The highest BCUT2D eigenvalue weighted by Gasteiger charge is 2.07. The maximum Gasteiger partial charge on any atom is 0.226 e. The minimum absolute atomic E-state index is 0.0129. The molecule has 3 rings (SSSR count). The monoisotopic (exact) mass is 350 g/mol. The molecule has 0 aliphatic heterocycles. The van der Waals surface area contributed by atoms with Crippen LogP contribution in [0.3, 0.4) is 0 Å².